The van der Waals surface area contributed by atoms with Crippen molar-refractivity contribution in [1.82, 2.24) is 0 Å². The number of rotatable bonds is 4. The second kappa shape index (κ2) is 5.80. The second-order valence-electron chi connectivity index (χ2n) is 1.80. The second-order valence-corrected chi connectivity index (χ2v) is 4.09. The van der Waals surface area contributed by atoms with Crippen LogP contribution >= 0.6 is 22.6 Å². The Labute approximate surface area is 80.8 Å². The Bertz CT molecular complexity index is 247. The fourth-order valence-corrected chi connectivity index (χ4v) is 1.47. The summed E-state index contributed by atoms with van der Waals surface area (Å²) < 4.78 is 28.6. The van der Waals surface area contributed by atoms with Gasteiger partial charge in [-0.2, -0.15) is 8.42 Å². The first-order valence-corrected chi connectivity index (χ1v) is 5.73. The van der Waals surface area contributed by atoms with Crippen molar-refractivity contribution in [2.75, 3.05) is 12.4 Å². The Hall–Kier alpha value is 0.200. The average molecular weight is 288 g/mol. The van der Waals surface area contributed by atoms with Gasteiger partial charge in [-0.1, -0.05) is 12.8 Å². The molecule has 0 radical (unpaired) electrons. The van der Waals surface area contributed by atoms with E-state index in [0.29, 0.717) is 6.42 Å². The van der Waals surface area contributed by atoms with Crippen LogP contribution in [0.3, 0.4) is 0 Å². The van der Waals surface area contributed by atoms with Gasteiger partial charge in [-0.15, -0.1) is 0 Å². The van der Waals surface area contributed by atoms with Crippen LogP contribution in [-0.4, -0.2) is 20.8 Å². The van der Waals surface area contributed by atoms with E-state index in [4.69, 9.17) is 0 Å². The molecule has 0 spiro atoms. The highest BCUT2D eigenvalue weighted by Gasteiger charge is 2.07. The maximum atomic E-state index is 10.8. The lowest BCUT2D eigenvalue weighted by atomic mass is 10.6. The highest BCUT2D eigenvalue weighted by atomic mass is 127. The van der Waals surface area contributed by atoms with Crippen molar-refractivity contribution in [3.05, 3.63) is 0 Å². The first kappa shape index (κ1) is 11.2. The Morgan fingerprint density at radius 3 is 2.64 bits per heavy atom. The molecule has 0 saturated heterocycles. The quantitative estimate of drug-likeness (QED) is 0.442. The minimum Gasteiger partial charge on any atom is -0.257 e. The van der Waals surface area contributed by atoms with Gasteiger partial charge < -0.3 is 0 Å². The zero-order valence-electron chi connectivity index (χ0n) is 6.13. The van der Waals surface area contributed by atoms with Gasteiger partial charge in [0, 0.05) is 22.6 Å². The largest absolute Gasteiger partial charge is 0.268 e. The average Bonchev–Trinajstić information content (AvgIpc) is 1.87. The summed E-state index contributed by atoms with van der Waals surface area (Å²) in [6.07, 6.45) is 0.569. The predicted molar refractivity (Wildman–Crippen MR) is 51.8 cm³/mol. The number of halogens is 1. The topological polar surface area (TPSA) is 43.4 Å². The van der Waals surface area contributed by atoms with Crippen molar-refractivity contribution in [3.63, 3.8) is 0 Å². The molecule has 0 aromatic heterocycles. The standard InChI is InChI=1S/C6H9IO3S/c1-2-6-11(8,9)10-5-3-4-7/h2,5-6H2,1H3. The maximum Gasteiger partial charge on any atom is 0.268 e. The normalized spacial score (nSPS) is 10.4. The van der Waals surface area contributed by atoms with Crippen molar-refractivity contribution in [2.24, 2.45) is 0 Å². The third kappa shape index (κ3) is 6.59. The lowest BCUT2D eigenvalue weighted by molar-refractivity contribution is 0.363. The highest BCUT2D eigenvalue weighted by molar-refractivity contribution is 14.1. The molecular weight excluding hydrogens is 279 g/mol. The Balaban J connectivity index is 3.80. The Morgan fingerprint density at radius 1 is 1.55 bits per heavy atom. The molecule has 3 nitrogen and oxygen atoms in total. The molecule has 0 aromatic carbocycles. The van der Waals surface area contributed by atoms with Gasteiger partial charge in [-0.25, -0.2) is 0 Å². The summed E-state index contributed by atoms with van der Waals surface area (Å²) >= 11 is 1.82. The Morgan fingerprint density at radius 2 is 2.18 bits per heavy atom. The van der Waals surface area contributed by atoms with E-state index in [9.17, 15) is 8.42 Å². The van der Waals surface area contributed by atoms with E-state index in [2.05, 4.69) is 14.0 Å². The molecule has 0 rings (SSSR count). The van der Waals surface area contributed by atoms with Crippen LogP contribution in [0.25, 0.3) is 0 Å². The van der Waals surface area contributed by atoms with Gasteiger partial charge in [0.05, 0.1) is 5.75 Å². The first-order valence-electron chi connectivity index (χ1n) is 3.08. The van der Waals surface area contributed by atoms with E-state index in [0.717, 1.165) is 0 Å². The molecule has 0 aliphatic heterocycles. The van der Waals surface area contributed by atoms with Crippen LogP contribution in [0.2, 0.25) is 0 Å². The van der Waals surface area contributed by atoms with Crippen LogP contribution in [0.15, 0.2) is 0 Å². The lowest BCUT2D eigenvalue weighted by Crippen LogP contribution is -2.09. The fraction of sp³-hybridized carbons (Fsp3) is 0.667. The van der Waals surface area contributed by atoms with Crippen LogP contribution in [0.4, 0.5) is 0 Å². The molecule has 11 heavy (non-hydrogen) atoms. The molecule has 0 aliphatic carbocycles. The molecule has 5 heteroatoms. The third-order valence-electron chi connectivity index (χ3n) is 0.832. The summed E-state index contributed by atoms with van der Waals surface area (Å²) in [4.78, 5) is 0. The minimum absolute atomic E-state index is 0.0364. The van der Waals surface area contributed by atoms with Crippen LogP contribution in [0.5, 0.6) is 0 Å². The summed E-state index contributed by atoms with van der Waals surface area (Å²) in [5.41, 5.74) is 0. The van der Waals surface area contributed by atoms with E-state index < -0.39 is 10.1 Å². The van der Waals surface area contributed by atoms with Crippen molar-refractivity contribution in [2.45, 2.75) is 13.3 Å². The van der Waals surface area contributed by atoms with Gasteiger partial charge >= 0.3 is 0 Å². The van der Waals surface area contributed by atoms with Crippen LogP contribution in [0.1, 0.15) is 13.3 Å². The van der Waals surface area contributed by atoms with Crippen molar-refractivity contribution < 1.29 is 12.6 Å². The monoisotopic (exact) mass is 288 g/mol. The molecule has 0 aliphatic rings. The zero-order chi connectivity index (χ0) is 8.74. The van der Waals surface area contributed by atoms with Gasteiger partial charge in [0.2, 0.25) is 0 Å². The fourth-order valence-electron chi connectivity index (χ4n) is 0.455. The lowest BCUT2D eigenvalue weighted by Gasteiger charge is -1.98. The van der Waals surface area contributed by atoms with E-state index in [1.54, 1.807) is 6.92 Å². The van der Waals surface area contributed by atoms with Gasteiger partial charge in [-0.3, -0.25) is 4.18 Å². The number of hydrogen-bond donors (Lipinski definition) is 0. The predicted octanol–water partition coefficient (Wildman–Crippen LogP) is 1.14. The molecule has 64 valence electrons. The minimum atomic E-state index is -3.31. The summed E-state index contributed by atoms with van der Waals surface area (Å²) in [6, 6.07) is 0. The van der Waals surface area contributed by atoms with Crippen LogP contribution in [0, 0.1) is 9.85 Å². The van der Waals surface area contributed by atoms with E-state index >= 15 is 0 Å². The molecule has 0 N–H and O–H groups in total. The molecule has 0 bridgehead atoms. The van der Waals surface area contributed by atoms with Gasteiger partial charge in [0.15, 0.2) is 0 Å². The molecule has 0 saturated carbocycles. The summed E-state index contributed by atoms with van der Waals surface area (Å²) in [6.45, 7) is 1.75. The Kier molecular flexibility index (Phi) is 5.91. The van der Waals surface area contributed by atoms with Gasteiger partial charge in [0.25, 0.3) is 10.1 Å². The molecule has 0 atom stereocenters. The van der Waals surface area contributed by atoms with E-state index in [-0.39, 0.29) is 12.4 Å². The summed E-state index contributed by atoms with van der Waals surface area (Å²) in [5, 5.41) is 0. The van der Waals surface area contributed by atoms with E-state index in [1.165, 1.54) is 0 Å². The highest BCUT2D eigenvalue weighted by Crippen LogP contribution is 1.94. The third-order valence-corrected chi connectivity index (χ3v) is 2.60. The summed E-state index contributed by atoms with van der Waals surface area (Å²) in [5.74, 6) is 2.56. The molecule has 0 unspecified atom stereocenters. The zero-order valence-corrected chi connectivity index (χ0v) is 9.11. The van der Waals surface area contributed by atoms with Gasteiger partial charge in [-0.05, 0) is 10.3 Å². The van der Waals surface area contributed by atoms with Crippen molar-refractivity contribution in [1.29, 1.82) is 0 Å². The smallest absolute Gasteiger partial charge is 0.257 e. The van der Waals surface area contributed by atoms with Crippen molar-refractivity contribution >= 4 is 32.7 Å². The molecule has 0 heterocycles. The molecule has 0 aromatic rings. The summed E-state index contributed by atoms with van der Waals surface area (Å²) in [7, 11) is -3.31. The SMILES string of the molecule is CCCS(=O)(=O)OCC#CI. The van der Waals surface area contributed by atoms with Crippen molar-refractivity contribution in [3.8, 4) is 9.85 Å². The maximum absolute atomic E-state index is 10.8. The molecule has 0 amide bonds. The van der Waals surface area contributed by atoms with Crippen LogP contribution < -0.4 is 0 Å². The first-order chi connectivity index (χ1) is 5.12. The molecular formula is C6H9IO3S. The molecule has 0 fully saturated rings. The van der Waals surface area contributed by atoms with Crippen LogP contribution in [-0.2, 0) is 14.3 Å². The number of hydrogen-bond acceptors (Lipinski definition) is 3. The van der Waals surface area contributed by atoms with E-state index in [1.807, 2.05) is 22.6 Å². The van der Waals surface area contributed by atoms with Gasteiger partial charge in [0.1, 0.15) is 6.61 Å².